The molecule has 0 aliphatic carbocycles. The van der Waals surface area contributed by atoms with E-state index in [1.165, 1.54) is 16.7 Å². The number of carboxylic acid groups (broad SMARTS) is 2. The molecule has 1 fully saturated rings. The summed E-state index contributed by atoms with van der Waals surface area (Å²) >= 11 is 0. The Morgan fingerprint density at radius 2 is 1.65 bits per heavy atom. The number of fused-ring (bicyclic) bond motifs is 1. The number of likely N-dealkylation sites (tertiary alicyclic amines) is 1. The molecule has 1 aromatic carbocycles. The normalized spacial score (nSPS) is 18.3. The van der Waals surface area contributed by atoms with Crippen LogP contribution >= 0.6 is 0 Å². The average Bonchev–Trinajstić information content (AvgIpc) is 2.79. The lowest BCUT2D eigenvalue weighted by Gasteiger charge is -2.36. The smallest absolute Gasteiger partial charge is 0.414 e. The van der Waals surface area contributed by atoms with Crippen LogP contribution in [0.4, 0.5) is 0 Å². The van der Waals surface area contributed by atoms with Crippen molar-refractivity contribution in [1.29, 1.82) is 0 Å². The number of hydrogen-bond donors (Lipinski definition) is 2. The summed E-state index contributed by atoms with van der Waals surface area (Å²) in [5.41, 5.74) is 3.98. The number of aromatic nitrogens is 1. The number of piperidine rings is 1. The highest BCUT2D eigenvalue weighted by Crippen LogP contribution is 2.24. The number of benzene rings is 1. The number of hydrogen-bond acceptors (Lipinski definition) is 5. The molecule has 2 N–H and O–H groups in total. The van der Waals surface area contributed by atoms with Gasteiger partial charge in [-0.15, -0.1) is 0 Å². The first-order valence-corrected chi connectivity index (χ1v) is 10.4. The number of rotatable bonds is 3. The van der Waals surface area contributed by atoms with E-state index in [2.05, 4.69) is 51.2 Å². The van der Waals surface area contributed by atoms with Crippen LogP contribution in [0.1, 0.15) is 29.5 Å². The van der Waals surface area contributed by atoms with Gasteiger partial charge < -0.3 is 15.1 Å². The Balaban J connectivity index is 0.000000401. The Bertz CT molecular complexity index is 906. The van der Waals surface area contributed by atoms with E-state index in [0.717, 1.165) is 52.0 Å². The van der Waals surface area contributed by atoms with Gasteiger partial charge in [-0.25, -0.2) is 9.59 Å². The number of aliphatic carboxylic acids is 2. The van der Waals surface area contributed by atoms with E-state index in [9.17, 15) is 4.79 Å². The molecule has 1 unspecified atom stereocenters. The number of carbonyl (C=O) groups excluding carboxylic acids is 1. The van der Waals surface area contributed by atoms with Crippen LogP contribution in [0.15, 0.2) is 48.8 Å². The number of carboxylic acids is 2. The molecule has 8 nitrogen and oxygen atoms in total. The second-order valence-electron chi connectivity index (χ2n) is 7.82. The lowest BCUT2D eigenvalue weighted by atomic mass is 9.93. The maximum Gasteiger partial charge on any atom is 0.414 e. The average molecular weight is 425 g/mol. The van der Waals surface area contributed by atoms with Crippen molar-refractivity contribution < 1.29 is 24.6 Å². The number of carbonyl (C=O) groups is 3. The molecule has 1 atom stereocenters. The van der Waals surface area contributed by atoms with Crippen molar-refractivity contribution in [2.75, 3.05) is 19.6 Å². The third-order valence-electron chi connectivity index (χ3n) is 5.64. The summed E-state index contributed by atoms with van der Waals surface area (Å²) in [4.78, 5) is 39.8. The van der Waals surface area contributed by atoms with E-state index < -0.39 is 11.9 Å². The maximum atomic E-state index is 13.1. The molecule has 31 heavy (non-hydrogen) atoms. The molecule has 164 valence electrons. The molecule has 8 heteroatoms. The molecule has 0 spiro atoms. The summed E-state index contributed by atoms with van der Waals surface area (Å²) in [7, 11) is 0. The highest BCUT2D eigenvalue weighted by atomic mass is 16.4. The van der Waals surface area contributed by atoms with Crippen molar-refractivity contribution in [2.45, 2.75) is 32.4 Å². The van der Waals surface area contributed by atoms with Gasteiger partial charge in [0, 0.05) is 38.6 Å². The molecular formula is C23H27N3O5. The quantitative estimate of drug-likeness (QED) is 0.724. The summed E-state index contributed by atoms with van der Waals surface area (Å²) < 4.78 is 0. The van der Waals surface area contributed by atoms with E-state index in [-0.39, 0.29) is 5.92 Å². The van der Waals surface area contributed by atoms with Gasteiger partial charge in [0.1, 0.15) is 0 Å². The van der Waals surface area contributed by atoms with Crippen LogP contribution in [0.2, 0.25) is 0 Å². The van der Waals surface area contributed by atoms with Crippen molar-refractivity contribution in [3.05, 3.63) is 65.5 Å². The van der Waals surface area contributed by atoms with E-state index in [4.69, 9.17) is 19.8 Å². The fourth-order valence-electron chi connectivity index (χ4n) is 4.09. The summed E-state index contributed by atoms with van der Waals surface area (Å²) in [5.74, 6) is -3.17. The van der Waals surface area contributed by atoms with Crippen molar-refractivity contribution in [3.8, 4) is 0 Å². The van der Waals surface area contributed by atoms with Gasteiger partial charge in [-0.1, -0.05) is 24.3 Å². The molecule has 0 bridgehead atoms. The molecule has 1 saturated heterocycles. The Hall–Kier alpha value is -3.26. The summed E-state index contributed by atoms with van der Waals surface area (Å²) in [6.07, 6.45) is 6.78. The SMILES string of the molecule is O=C(C1CCCN(Cc2ccncc2)C1)N1CCc2ccccc2C1.O=C(O)C(=O)O. The molecule has 4 rings (SSSR count). The number of pyridine rings is 1. The lowest BCUT2D eigenvalue weighted by molar-refractivity contribution is -0.159. The summed E-state index contributed by atoms with van der Waals surface area (Å²) in [6, 6.07) is 12.6. The molecule has 1 amide bonds. The van der Waals surface area contributed by atoms with E-state index in [0.29, 0.717) is 5.91 Å². The number of nitrogens with zero attached hydrogens (tertiary/aromatic N) is 3. The minimum atomic E-state index is -1.82. The van der Waals surface area contributed by atoms with Crippen LogP contribution in [0.3, 0.4) is 0 Å². The third kappa shape index (κ3) is 6.36. The van der Waals surface area contributed by atoms with E-state index >= 15 is 0 Å². The Morgan fingerprint density at radius 3 is 2.32 bits per heavy atom. The zero-order chi connectivity index (χ0) is 22.2. The van der Waals surface area contributed by atoms with Crippen LogP contribution in [0.5, 0.6) is 0 Å². The van der Waals surface area contributed by atoms with E-state index in [1.807, 2.05) is 12.4 Å². The van der Waals surface area contributed by atoms with Crippen LogP contribution < -0.4 is 0 Å². The Morgan fingerprint density at radius 1 is 0.968 bits per heavy atom. The van der Waals surface area contributed by atoms with Gasteiger partial charge in [-0.05, 0) is 54.6 Å². The van der Waals surface area contributed by atoms with Gasteiger partial charge in [0.25, 0.3) is 0 Å². The predicted molar refractivity (Wildman–Crippen MR) is 113 cm³/mol. The van der Waals surface area contributed by atoms with Crippen LogP contribution in [0, 0.1) is 5.92 Å². The molecule has 1 aromatic heterocycles. The fraction of sp³-hybridized carbons (Fsp3) is 0.391. The largest absolute Gasteiger partial charge is 0.473 e. The molecular weight excluding hydrogens is 398 g/mol. The van der Waals surface area contributed by atoms with Gasteiger partial charge in [0.2, 0.25) is 5.91 Å². The minimum absolute atomic E-state index is 0.140. The molecule has 3 heterocycles. The first-order valence-electron chi connectivity index (χ1n) is 10.4. The fourth-order valence-corrected chi connectivity index (χ4v) is 4.09. The highest BCUT2D eigenvalue weighted by Gasteiger charge is 2.30. The third-order valence-corrected chi connectivity index (χ3v) is 5.64. The molecule has 2 aliphatic rings. The van der Waals surface area contributed by atoms with Crippen molar-refractivity contribution >= 4 is 17.8 Å². The highest BCUT2D eigenvalue weighted by molar-refractivity contribution is 6.27. The predicted octanol–water partition coefficient (Wildman–Crippen LogP) is 2.03. The summed E-state index contributed by atoms with van der Waals surface area (Å²) in [5, 5.41) is 14.8. The second kappa shape index (κ2) is 10.7. The lowest BCUT2D eigenvalue weighted by Crippen LogP contribution is -2.46. The van der Waals surface area contributed by atoms with Crippen molar-refractivity contribution in [1.82, 2.24) is 14.8 Å². The van der Waals surface area contributed by atoms with Gasteiger partial charge in [0.05, 0.1) is 5.92 Å². The van der Waals surface area contributed by atoms with Crippen LogP contribution in [0.25, 0.3) is 0 Å². The van der Waals surface area contributed by atoms with Crippen LogP contribution in [-0.4, -0.2) is 62.5 Å². The topological polar surface area (TPSA) is 111 Å². The molecule has 2 aromatic rings. The van der Waals surface area contributed by atoms with Crippen LogP contribution in [-0.2, 0) is 33.9 Å². The van der Waals surface area contributed by atoms with Gasteiger partial charge >= 0.3 is 11.9 Å². The van der Waals surface area contributed by atoms with Gasteiger partial charge in [0.15, 0.2) is 0 Å². The van der Waals surface area contributed by atoms with E-state index in [1.54, 1.807) is 0 Å². The first-order chi connectivity index (χ1) is 14.9. The van der Waals surface area contributed by atoms with Crippen molar-refractivity contribution in [3.63, 3.8) is 0 Å². The van der Waals surface area contributed by atoms with Gasteiger partial charge in [-0.2, -0.15) is 0 Å². The zero-order valence-corrected chi connectivity index (χ0v) is 17.3. The minimum Gasteiger partial charge on any atom is -0.473 e. The zero-order valence-electron chi connectivity index (χ0n) is 17.3. The summed E-state index contributed by atoms with van der Waals surface area (Å²) in [6.45, 7) is 4.50. The molecule has 0 saturated carbocycles. The van der Waals surface area contributed by atoms with Gasteiger partial charge in [-0.3, -0.25) is 14.7 Å². The Labute approximate surface area is 181 Å². The second-order valence-corrected chi connectivity index (χ2v) is 7.82. The van der Waals surface area contributed by atoms with Crippen molar-refractivity contribution in [2.24, 2.45) is 5.92 Å². The number of amides is 1. The monoisotopic (exact) mass is 425 g/mol. The maximum absolute atomic E-state index is 13.1. The Kier molecular flexibility index (Phi) is 7.72. The standard InChI is InChI=1S/C21H25N3O.C2H2O4/c25-21(24-13-9-18-4-1-2-5-19(18)16-24)20-6-3-12-23(15-20)14-17-7-10-22-11-8-17;3-1(4)2(5)6/h1-2,4-5,7-8,10-11,20H,3,6,9,12-16H2;(H,3,4)(H,5,6). The molecule has 0 radical (unpaired) electrons. The molecule has 2 aliphatic heterocycles. The first kappa shape index (κ1) is 22.4.